The van der Waals surface area contributed by atoms with E-state index >= 15 is 0 Å². The smallest absolute Gasteiger partial charge is 0.00256 e. The monoisotopic (exact) mass is 412 g/mol. The van der Waals surface area contributed by atoms with Crippen molar-refractivity contribution in [3.8, 4) is 0 Å². The van der Waals surface area contributed by atoms with Crippen molar-refractivity contribution in [3.05, 3.63) is 119 Å². The fourth-order valence-electron chi connectivity index (χ4n) is 3.18. The Morgan fingerprint density at radius 2 is 1.23 bits per heavy atom. The third-order valence-corrected chi connectivity index (χ3v) is 5.33. The maximum absolute atomic E-state index is 4.22. The largest absolute Gasteiger partial charge is 0.0949 e. The maximum Gasteiger partial charge on any atom is -0.00256 e. The average molecular weight is 413 g/mol. The molecule has 0 fully saturated rings. The normalized spacial score (nSPS) is 9.52. The first-order chi connectivity index (χ1) is 14.9. The molecule has 0 atom stereocenters. The average Bonchev–Trinajstić information content (AvgIpc) is 2.81. The molecule has 3 rings (SSSR count). The van der Waals surface area contributed by atoms with E-state index in [1.165, 1.54) is 44.5 Å². The molecule has 0 amide bonds. The minimum absolute atomic E-state index is 0.925. The van der Waals surface area contributed by atoms with E-state index in [-0.39, 0.29) is 0 Å². The van der Waals surface area contributed by atoms with Gasteiger partial charge in [0.05, 0.1) is 0 Å². The second-order valence-electron chi connectivity index (χ2n) is 7.76. The molecule has 0 nitrogen and oxygen atoms in total. The minimum atomic E-state index is 0.925. The van der Waals surface area contributed by atoms with Crippen molar-refractivity contribution >= 4 is 11.1 Å². The summed E-state index contributed by atoms with van der Waals surface area (Å²) < 4.78 is 0. The molecule has 0 saturated heterocycles. The standard InChI is InChI=1S/C18H20.C11H14.C2H6/c1-4-16-9-11-17(12-10-16)13-15(3)18-8-6-5-7-14(18)2;1-9(2)10(3)11-7-5-4-6-8-11;1-2/h5-12H,3-4,13H2,1-2H3;4-8H,1-3H3;1-2H3. The molecule has 0 spiro atoms. The van der Waals surface area contributed by atoms with Gasteiger partial charge in [-0.05, 0) is 79.5 Å². The fourth-order valence-corrected chi connectivity index (χ4v) is 3.18. The van der Waals surface area contributed by atoms with Gasteiger partial charge in [0.25, 0.3) is 0 Å². The lowest BCUT2D eigenvalue weighted by atomic mass is 9.96. The lowest BCUT2D eigenvalue weighted by Crippen LogP contribution is -1.92. The first-order valence-electron chi connectivity index (χ1n) is 11.4. The van der Waals surface area contributed by atoms with Crippen LogP contribution in [-0.4, -0.2) is 0 Å². The number of benzene rings is 3. The Morgan fingerprint density at radius 1 is 0.710 bits per heavy atom. The molecule has 31 heavy (non-hydrogen) atoms. The maximum atomic E-state index is 4.22. The molecule has 0 N–H and O–H groups in total. The molecule has 0 aromatic heterocycles. The third-order valence-electron chi connectivity index (χ3n) is 5.33. The van der Waals surface area contributed by atoms with Crippen molar-refractivity contribution in [2.75, 3.05) is 0 Å². The third kappa shape index (κ3) is 8.80. The summed E-state index contributed by atoms with van der Waals surface area (Å²) in [5, 5.41) is 0. The molecule has 0 aliphatic carbocycles. The first-order valence-corrected chi connectivity index (χ1v) is 11.4. The summed E-state index contributed by atoms with van der Waals surface area (Å²) >= 11 is 0. The molecular weight excluding hydrogens is 372 g/mol. The van der Waals surface area contributed by atoms with E-state index in [1.807, 2.05) is 19.9 Å². The van der Waals surface area contributed by atoms with Crippen LogP contribution in [0.4, 0.5) is 0 Å². The summed E-state index contributed by atoms with van der Waals surface area (Å²) in [6.07, 6.45) is 2.02. The zero-order valence-corrected chi connectivity index (χ0v) is 20.6. The number of hydrogen-bond donors (Lipinski definition) is 0. The Hall–Kier alpha value is -2.86. The van der Waals surface area contributed by atoms with E-state index in [4.69, 9.17) is 0 Å². The van der Waals surface area contributed by atoms with E-state index in [1.54, 1.807) is 0 Å². The minimum Gasteiger partial charge on any atom is -0.0949 e. The highest BCUT2D eigenvalue weighted by molar-refractivity contribution is 5.68. The Morgan fingerprint density at radius 3 is 1.74 bits per heavy atom. The van der Waals surface area contributed by atoms with Gasteiger partial charge in [-0.25, -0.2) is 0 Å². The Bertz CT molecular complexity index is 937. The Labute approximate surface area is 191 Å². The highest BCUT2D eigenvalue weighted by Gasteiger charge is 2.03. The molecular formula is C31H40. The van der Waals surface area contributed by atoms with Crippen LogP contribution in [0.25, 0.3) is 11.1 Å². The van der Waals surface area contributed by atoms with E-state index in [0.717, 1.165) is 12.8 Å². The molecule has 0 radical (unpaired) electrons. The molecule has 0 heteroatoms. The van der Waals surface area contributed by atoms with Gasteiger partial charge in [0.15, 0.2) is 0 Å². The quantitative estimate of drug-likeness (QED) is 0.391. The SMILES string of the molecule is C=C(Cc1ccc(CC)cc1)c1ccccc1C.CC.CC(C)=C(C)c1ccccc1. The van der Waals surface area contributed by atoms with Gasteiger partial charge in [-0.1, -0.05) is 112 Å². The zero-order valence-electron chi connectivity index (χ0n) is 20.6. The van der Waals surface area contributed by atoms with Gasteiger partial charge in [0.2, 0.25) is 0 Å². The van der Waals surface area contributed by atoms with Crippen LogP contribution in [0.2, 0.25) is 0 Å². The summed E-state index contributed by atoms with van der Waals surface area (Å²) in [5.74, 6) is 0. The highest BCUT2D eigenvalue weighted by atomic mass is 14.1. The van der Waals surface area contributed by atoms with Crippen molar-refractivity contribution in [1.29, 1.82) is 0 Å². The fraction of sp³-hybridized carbons (Fsp3) is 0.290. The van der Waals surface area contributed by atoms with Gasteiger partial charge < -0.3 is 0 Å². The summed E-state index contributed by atoms with van der Waals surface area (Å²) in [4.78, 5) is 0. The predicted octanol–water partition coefficient (Wildman–Crippen LogP) is 9.34. The van der Waals surface area contributed by atoms with Gasteiger partial charge in [-0.2, -0.15) is 0 Å². The van der Waals surface area contributed by atoms with Gasteiger partial charge >= 0.3 is 0 Å². The molecule has 3 aromatic carbocycles. The van der Waals surface area contributed by atoms with E-state index < -0.39 is 0 Å². The Kier molecular flexibility index (Phi) is 12.0. The van der Waals surface area contributed by atoms with Crippen molar-refractivity contribution in [2.45, 2.75) is 61.3 Å². The number of rotatable bonds is 5. The van der Waals surface area contributed by atoms with E-state index in [9.17, 15) is 0 Å². The molecule has 0 unspecified atom stereocenters. The van der Waals surface area contributed by atoms with Gasteiger partial charge in [0, 0.05) is 0 Å². The van der Waals surface area contributed by atoms with Crippen LogP contribution in [0.1, 0.15) is 69.4 Å². The lowest BCUT2D eigenvalue weighted by Gasteiger charge is -2.09. The van der Waals surface area contributed by atoms with Crippen LogP contribution >= 0.6 is 0 Å². The second kappa shape index (κ2) is 14.2. The molecule has 0 bridgehead atoms. The van der Waals surface area contributed by atoms with Crippen molar-refractivity contribution < 1.29 is 0 Å². The molecule has 0 aliphatic rings. The van der Waals surface area contributed by atoms with Crippen molar-refractivity contribution in [1.82, 2.24) is 0 Å². The van der Waals surface area contributed by atoms with E-state index in [0.29, 0.717) is 0 Å². The number of allylic oxidation sites excluding steroid dienone is 3. The molecule has 0 heterocycles. The molecule has 164 valence electrons. The van der Waals surface area contributed by atoms with Gasteiger partial charge in [-0.3, -0.25) is 0 Å². The van der Waals surface area contributed by atoms with Crippen molar-refractivity contribution in [2.24, 2.45) is 0 Å². The lowest BCUT2D eigenvalue weighted by molar-refractivity contribution is 1.13. The summed E-state index contributed by atoms with van der Waals surface area (Å²) in [6.45, 7) is 19.0. The van der Waals surface area contributed by atoms with Crippen LogP contribution in [0.3, 0.4) is 0 Å². The molecule has 0 saturated carbocycles. The molecule has 0 aliphatic heterocycles. The van der Waals surface area contributed by atoms with Gasteiger partial charge in [0.1, 0.15) is 0 Å². The summed E-state index contributed by atoms with van der Waals surface area (Å²) in [7, 11) is 0. The predicted molar refractivity (Wildman–Crippen MR) is 141 cm³/mol. The first kappa shape index (κ1) is 26.2. The number of hydrogen-bond acceptors (Lipinski definition) is 0. The van der Waals surface area contributed by atoms with Crippen LogP contribution in [0.15, 0.2) is 91.0 Å². The topological polar surface area (TPSA) is 0 Å². The van der Waals surface area contributed by atoms with Gasteiger partial charge in [-0.15, -0.1) is 0 Å². The molecule has 3 aromatic rings. The van der Waals surface area contributed by atoms with E-state index in [2.05, 4.69) is 114 Å². The second-order valence-corrected chi connectivity index (χ2v) is 7.76. The van der Waals surface area contributed by atoms with Crippen LogP contribution in [0, 0.1) is 6.92 Å². The zero-order chi connectivity index (χ0) is 23.2. The van der Waals surface area contributed by atoms with Crippen molar-refractivity contribution in [3.63, 3.8) is 0 Å². The summed E-state index contributed by atoms with van der Waals surface area (Å²) in [5.41, 5.74) is 10.6. The highest BCUT2D eigenvalue weighted by Crippen LogP contribution is 2.21. The Balaban J connectivity index is 0.000000317. The number of aryl methyl sites for hydroxylation is 2. The summed E-state index contributed by atoms with van der Waals surface area (Å²) in [6, 6.07) is 27.7. The van der Waals surface area contributed by atoms with Crippen LogP contribution < -0.4 is 0 Å². The van der Waals surface area contributed by atoms with Crippen LogP contribution in [0.5, 0.6) is 0 Å². The van der Waals surface area contributed by atoms with Crippen LogP contribution in [-0.2, 0) is 12.8 Å².